The fourth-order valence-corrected chi connectivity index (χ4v) is 2.13. The topological polar surface area (TPSA) is 41.8 Å². The van der Waals surface area contributed by atoms with Crippen molar-refractivity contribution >= 4 is 16.5 Å². The van der Waals surface area contributed by atoms with Gasteiger partial charge >= 0.3 is 0 Å². The highest BCUT2D eigenvalue weighted by Gasteiger charge is 2.12. The summed E-state index contributed by atoms with van der Waals surface area (Å²) in [5, 5.41) is 14.5. The molecule has 20 heavy (non-hydrogen) atoms. The van der Waals surface area contributed by atoms with Gasteiger partial charge in [-0.3, -0.25) is 0 Å². The van der Waals surface area contributed by atoms with Crippen molar-refractivity contribution in [3.05, 3.63) is 42.0 Å². The molecule has 2 rings (SSSR count). The molecule has 0 aliphatic heterocycles. The predicted octanol–water partition coefficient (Wildman–Crippen LogP) is 4.46. The van der Waals surface area contributed by atoms with Crippen LogP contribution in [-0.2, 0) is 0 Å². The molecular formula is C17H21NO2. The fourth-order valence-electron chi connectivity index (χ4n) is 2.13. The van der Waals surface area contributed by atoms with E-state index in [1.807, 2.05) is 30.3 Å². The average molecular weight is 271 g/mol. The van der Waals surface area contributed by atoms with Gasteiger partial charge in [-0.2, -0.15) is 0 Å². The highest BCUT2D eigenvalue weighted by atomic mass is 16.5. The SMILES string of the molecule is C/C(=N\O)c1ccc2ccccc2c1OCCC(C)C. The number of hydrogen-bond donors (Lipinski definition) is 1. The zero-order chi connectivity index (χ0) is 14.5. The molecular weight excluding hydrogens is 250 g/mol. The lowest BCUT2D eigenvalue weighted by Gasteiger charge is -2.14. The van der Waals surface area contributed by atoms with Gasteiger partial charge in [-0.25, -0.2) is 0 Å². The highest BCUT2D eigenvalue weighted by molar-refractivity contribution is 6.06. The van der Waals surface area contributed by atoms with Gasteiger partial charge in [-0.15, -0.1) is 0 Å². The van der Waals surface area contributed by atoms with Crippen molar-refractivity contribution in [1.29, 1.82) is 0 Å². The van der Waals surface area contributed by atoms with Gasteiger partial charge in [0.2, 0.25) is 0 Å². The van der Waals surface area contributed by atoms with Crippen molar-refractivity contribution in [2.24, 2.45) is 11.1 Å². The Labute approximate surface area is 119 Å². The molecule has 1 N–H and O–H groups in total. The van der Waals surface area contributed by atoms with E-state index in [2.05, 4.69) is 25.1 Å². The van der Waals surface area contributed by atoms with E-state index in [0.29, 0.717) is 18.2 Å². The van der Waals surface area contributed by atoms with Crippen LogP contribution in [0, 0.1) is 5.92 Å². The fraction of sp³-hybridized carbons (Fsp3) is 0.353. The van der Waals surface area contributed by atoms with Crippen LogP contribution in [0.4, 0.5) is 0 Å². The summed E-state index contributed by atoms with van der Waals surface area (Å²) in [6.07, 6.45) is 0.998. The third-order valence-electron chi connectivity index (χ3n) is 3.36. The second kappa shape index (κ2) is 6.42. The van der Waals surface area contributed by atoms with Crippen molar-refractivity contribution < 1.29 is 9.94 Å². The zero-order valence-electron chi connectivity index (χ0n) is 12.3. The summed E-state index contributed by atoms with van der Waals surface area (Å²) >= 11 is 0. The minimum absolute atomic E-state index is 0.565. The van der Waals surface area contributed by atoms with E-state index in [-0.39, 0.29) is 0 Å². The highest BCUT2D eigenvalue weighted by Crippen LogP contribution is 2.30. The van der Waals surface area contributed by atoms with Gasteiger partial charge in [0.05, 0.1) is 12.3 Å². The largest absolute Gasteiger partial charge is 0.492 e. The van der Waals surface area contributed by atoms with Crippen LogP contribution >= 0.6 is 0 Å². The maximum atomic E-state index is 9.03. The van der Waals surface area contributed by atoms with Crippen LogP contribution in [0.5, 0.6) is 5.75 Å². The first kappa shape index (κ1) is 14.4. The van der Waals surface area contributed by atoms with Gasteiger partial charge in [-0.05, 0) is 30.7 Å². The van der Waals surface area contributed by atoms with E-state index in [1.54, 1.807) is 6.92 Å². The molecule has 0 saturated carbocycles. The lowest BCUT2D eigenvalue weighted by Crippen LogP contribution is -2.06. The minimum Gasteiger partial charge on any atom is -0.492 e. The molecule has 3 heteroatoms. The van der Waals surface area contributed by atoms with Crippen LogP contribution in [0.3, 0.4) is 0 Å². The first-order valence-electron chi connectivity index (χ1n) is 6.97. The van der Waals surface area contributed by atoms with E-state index < -0.39 is 0 Å². The molecule has 0 atom stereocenters. The van der Waals surface area contributed by atoms with E-state index in [0.717, 1.165) is 28.5 Å². The lowest BCUT2D eigenvalue weighted by molar-refractivity contribution is 0.291. The third-order valence-corrected chi connectivity index (χ3v) is 3.36. The van der Waals surface area contributed by atoms with Crippen molar-refractivity contribution in [2.75, 3.05) is 6.61 Å². The molecule has 0 fully saturated rings. The van der Waals surface area contributed by atoms with Gasteiger partial charge in [0.25, 0.3) is 0 Å². The number of fused-ring (bicyclic) bond motifs is 1. The smallest absolute Gasteiger partial charge is 0.136 e. The monoisotopic (exact) mass is 271 g/mol. The molecule has 0 amide bonds. The summed E-state index contributed by atoms with van der Waals surface area (Å²) < 4.78 is 5.99. The summed E-state index contributed by atoms with van der Waals surface area (Å²) in [6, 6.07) is 12.1. The molecule has 0 heterocycles. The Kier molecular flexibility index (Phi) is 4.61. The summed E-state index contributed by atoms with van der Waals surface area (Å²) in [7, 11) is 0. The Bertz CT molecular complexity index is 617. The number of nitrogens with zero attached hydrogens (tertiary/aromatic N) is 1. The number of hydrogen-bond acceptors (Lipinski definition) is 3. The van der Waals surface area contributed by atoms with E-state index >= 15 is 0 Å². The summed E-state index contributed by atoms with van der Waals surface area (Å²) in [5.41, 5.74) is 1.41. The van der Waals surface area contributed by atoms with Crippen molar-refractivity contribution in [2.45, 2.75) is 27.2 Å². The Balaban J connectivity index is 2.45. The van der Waals surface area contributed by atoms with E-state index in [1.165, 1.54) is 0 Å². The van der Waals surface area contributed by atoms with Crippen molar-refractivity contribution in [1.82, 2.24) is 0 Å². The first-order chi connectivity index (χ1) is 9.63. The predicted molar refractivity (Wildman–Crippen MR) is 82.9 cm³/mol. The second-order valence-electron chi connectivity index (χ2n) is 5.38. The molecule has 0 radical (unpaired) electrons. The van der Waals surface area contributed by atoms with Gasteiger partial charge in [-0.1, -0.05) is 49.3 Å². The molecule has 0 aliphatic rings. The quantitative estimate of drug-likeness (QED) is 0.495. The van der Waals surface area contributed by atoms with Crippen LogP contribution in [0.25, 0.3) is 10.8 Å². The normalized spacial score (nSPS) is 12.1. The third kappa shape index (κ3) is 3.10. The number of benzene rings is 2. The molecule has 0 aromatic heterocycles. The first-order valence-corrected chi connectivity index (χ1v) is 6.97. The standard InChI is InChI=1S/C17H21NO2/c1-12(2)10-11-20-17-15(13(3)18-19)9-8-14-6-4-5-7-16(14)17/h4-9,12,19H,10-11H2,1-3H3/b18-13+. The second-order valence-corrected chi connectivity index (χ2v) is 5.38. The summed E-state index contributed by atoms with van der Waals surface area (Å²) in [4.78, 5) is 0. The van der Waals surface area contributed by atoms with Crippen LogP contribution in [0.15, 0.2) is 41.6 Å². The van der Waals surface area contributed by atoms with E-state index in [4.69, 9.17) is 9.94 Å². The molecule has 2 aromatic rings. The Morgan fingerprint density at radius 2 is 1.95 bits per heavy atom. The van der Waals surface area contributed by atoms with Crippen LogP contribution in [-0.4, -0.2) is 17.5 Å². The zero-order valence-corrected chi connectivity index (χ0v) is 12.3. The van der Waals surface area contributed by atoms with Crippen molar-refractivity contribution in [3.8, 4) is 5.75 Å². The van der Waals surface area contributed by atoms with Crippen LogP contribution in [0.2, 0.25) is 0 Å². The number of ether oxygens (including phenoxy) is 1. The van der Waals surface area contributed by atoms with E-state index in [9.17, 15) is 0 Å². The van der Waals surface area contributed by atoms with Gasteiger partial charge in [0.15, 0.2) is 0 Å². The lowest BCUT2D eigenvalue weighted by atomic mass is 10.0. The van der Waals surface area contributed by atoms with Crippen LogP contribution < -0.4 is 4.74 Å². The molecule has 106 valence electrons. The van der Waals surface area contributed by atoms with Gasteiger partial charge in [0.1, 0.15) is 5.75 Å². The molecule has 2 aromatic carbocycles. The Morgan fingerprint density at radius 1 is 1.20 bits per heavy atom. The maximum Gasteiger partial charge on any atom is 0.136 e. The molecule has 0 spiro atoms. The van der Waals surface area contributed by atoms with Crippen molar-refractivity contribution in [3.63, 3.8) is 0 Å². The summed E-state index contributed by atoms with van der Waals surface area (Å²) in [5.74, 6) is 1.40. The Morgan fingerprint density at radius 3 is 2.65 bits per heavy atom. The Hall–Kier alpha value is -2.03. The number of oxime groups is 1. The molecule has 0 aliphatic carbocycles. The molecule has 0 unspecified atom stereocenters. The van der Waals surface area contributed by atoms with Gasteiger partial charge in [0, 0.05) is 10.9 Å². The maximum absolute atomic E-state index is 9.03. The average Bonchev–Trinajstić information content (AvgIpc) is 2.46. The molecule has 0 bridgehead atoms. The minimum atomic E-state index is 0.565. The number of rotatable bonds is 5. The molecule has 0 saturated heterocycles. The van der Waals surface area contributed by atoms with Crippen LogP contribution in [0.1, 0.15) is 32.8 Å². The van der Waals surface area contributed by atoms with Gasteiger partial charge < -0.3 is 9.94 Å². The molecule has 3 nitrogen and oxygen atoms in total. The summed E-state index contributed by atoms with van der Waals surface area (Å²) in [6.45, 7) is 6.79.